The van der Waals surface area contributed by atoms with Crippen LogP contribution in [0.3, 0.4) is 0 Å². The average Bonchev–Trinajstić information content (AvgIpc) is 2.54. The molecule has 0 saturated carbocycles. The number of guanidine groups is 1. The number of halogens is 1. The minimum absolute atomic E-state index is 0. The van der Waals surface area contributed by atoms with E-state index in [1.807, 2.05) is 0 Å². The predicted molar refractivity (Wildman–Crippen MR) is 107 cm³/mol. The molecule has 2 aliphatic rings. The van der Waals surface area contributed by atoms with E-state index in [1.165, 1.54) is 25.9 Å². The van der Waals surface area contributed by atoms with Gasteiger partial charge in [-0.05, 0) is 38.3 Å². The Labute approximate surface area is 158 Å². The fourth-order valence-electron chi connectivity index (χ4n) is 3.00. The Morgan fingerprint density at radius 3 is 2.48 bits per heavy atom. The van der Waals surface area contributed by atoms with Crippen LogP contribution in [-0.2, 0) is 4.74 Å². The molecule has 0 unspecified atom stereocenters. The maximum Gasteiger partial charge on any atom is 0.188 e. The standard InChI is InChI=1S/C16H33N5O.HI/c1-15-3-8-21(9-4-15)10-6-19-16(17)18-5-2-7-20-11-13-22-14-12-20;/h15H,2-14H2,1H3,(H3,17,18,19);1H. The molecule has 136 valence electrons. The summed E-state index contributed by atoms with van der Waals surface area (Å²) in [6.07, 6.45) is 3.71. The molecular formula is C16H34IN5O. The Bertz CT molecular complexity index is 328. The van der Waals surface area contributed by atoms with E-state index in [2.05, 4.69) is 27.0 Å². The minimum atomic E-state index is 0. The maximum atomic E-state index is 5.92. The molecule has 0 spiro atoms. The Balaban J connectivity index is 0.00000264. The second-order valence-corrected chi connectivity index (χ2v) is 6.53. The molecule has 0 radical (unpaired) electrons. The van der Waals surface area contributed by atoms with Crippen LogP contribution < -0.4 is 11.1 Å². The molecule has 0 atom stereocenters. The average molecular weight is 439 g/mol. The van der Waals surface area contributed by atoms with Gasteiger partial charge < -0.3 is 20.7 Å². The molecule has 2 rings (SSSR count). The van der Waals surface area contributed by atoms with Crippen molar-refractivity contribution in [3.63, 3.8) is 0 Å². The number of hydrogen-bond acceptors (Lipinski definition) is 4. The highest BCUT2D eigenvalue weighted by molar-refractivity contribution is 14.0. The van der Waals surface area contributed by atoms with Crippen LogP contribution in [0.2, 0.25) is 0 Å². The maximum absolute atomic E-state index is 5.92. The van der Waals surface area contributed by atoms with E-state index in [9.17, 15) is 0 Å². The molecule has 0 aromatic carbocycles. The van der Waals surface area contributed by atoms with E-state index in [-0.39, 0.29) is 24.0 Å². The van der Waals surface area contributed by atoms with Crippen LogP contribution in [0.1, 0.15) is 26.2 Å². The highest BCUT2D eigenvalue weighted by atomic mass is 127. The van der Waals surface area contributed by atoms with Gasteiger partial charge in [0.1, 0.15) is 0 Å². The summed E-state index contributed by atoms with van der Waals surface area (Å²) in [5, 5.41) is 3.23. The second-order valence-electron chi connectivity index (χ2n) is 6.53. The Morgan fingerprint density at radius 2 is 1.78 bits per heavy atom. The van der Waals surface area contributed by atoms with Gasteiger partial charge >= 0.3 is 0 Å². The summed E-state index contributed by atoms with van der Waals surface area (Å²) in [7, 11) is 0. The first-order valence-corrected chi connectivity index (χ1v) is 8.80. The van der Waals surface area contributed by atoms with Crippen molar-refractivity contribution in [2.45, 2.75) is 26.2 Å². The number of hydrogen-bond donors (Lipinski definition) is 2. The van der Waals surface area contributed by atoms with Gasteiger partial charge in [0.25, 0.3) is 0 Å². The van der Waals surface area contributed by atoms with Crippen molar-refractivity contribution in [3.8, 4) is 0 Å². The summed E-state index contributed by atoms with van der Waals surface area (Å²) in [6.45, 7) is 12.5. The summed E-state index contributed by atoms with van der Waals surface area (Å²) < 4.78 is 5.34. The zero-order chi connectivity index (χ0) is 15.6. The van der Waals surface area contributed by atoms with Gasteiger partial charge in [0.2, 0.25) is 0 Å². The van der Waals surface area contributed by atoms with E-state index in [0.717, 1.165) is 64.8 Å². The summed E-state index contributed by atoms with van der Waals surface area (Å²) in [4.78, 5) is 9.35. The summed E-state index contributed by atoms with van der Waals surface area (Å²) in [5.74, 6) is 1.48. The van der Waals surface area contributed by atoms with Gasteiger partial charge in [0.15, 0.2) is 5.96 Å². The monoisotopic (exact) mass is 439 g/mol. The van der Waals surface area contributed by atoms with Crippen molar-refractivity contribution in [2.75, 3.05) is 65.6 Å². The summed E-state index contributed by atoms with van der Waals surface area (Å²) in [5.41, 5.74) is 5.92. The Hall–Kier alpha value is -0.120. The number of aliphatic imine (C=N–C) groups is 1. The van der Waals surface area contributed by atoms with Gasteiger partial charge in [-0.3, -0.25) is 9.89 Å². The van der Waals surface area contributed by atoms with Gasteiger partial charge in [-0.2, -0.15) is 0 Å². The van der Waals surface area contributed by atoms with E-state index >= 15 is 0 Å². The molecule has 2 heterocycles. The number of likely N-dealkylation sites (tertiary alicyclic amines) is 1. The van der Waals surface area contributed by atoms with Gasteiger partial charge in [-0.15, -0.1) is 24.0 Å². The summed E-state index contributed by atoms with van der Waals surface area (Å²) in [6, 6.07) is 0. The molecule has 2 aliphatic heterocycles. The molecule has 0 bridgehead atoms. The third kappa shape index (κ3) is 9.07. The van der Waals surface area contributed by atoms with E-state index in [0.29, 0.717) is 5.96 Å². The number of nitrogens with two attached hydrogens (primary N) is 1. The third-order valence-corrected chi connectivity index (χ3v) is 4.63. The van der Waals surface area contributed by atoms with Crippen LogP contribution in [0.4, 0.5) is 0 Å². The predicted octanol–water partition coefficient (Wildman–Crippen LogP) is 0.963. The lowest BCUT2D eigenvalue weighted by Gasteiger charge is -2.30. The van der Waals surface area contributed by atoms with Crippen molar-refractivity contribution >= 4 is 29.9 Å². The number of ether oxygens (including phenoxy) is 1. The number of piperidine rings is 1. The third-order valence-electron chi connectivity index (χ3n) is 4.63. The largest absolute Gasteiger partial charge is 0.379 e. The molecule has 0 amide bonds. The first kappa shape index (κ1) is 20.9. The smallest absolute Gasteiger partial charge is 0.188 e. The first-order valence-electron chi connectivity index (χ1n) is 8.80. The van der Waals surface area contributed by atoms with Gasteiger partial charge in [-0.1, -0.05) is 6.92 Å². The van der Waals surface area contributed by atoms with Crippen molar-refractivity contribution in [1.29, 1.82) is 0 Å². The lowest BCUT2D eigenvalue weighted by atomic mass is 9.99. The fourth-order valence-corrected chi connectivity index (χ4v) is 3.00. The van der Waals surface area contributed by atoms with Crippen LogP contribution in [0.25, 0.3) is 0 Å². The fraction of sp³-hybridized carbons (Fsp3) is 0.938. The Kier molecular flexibility index (Phi) is 11.2. The van der Waals surface area contributed by atoms with Crippen LogP contribution in [-0.4, -0.2) is 81.3 Å². The zero-order valence-electron chi connectivity index (χ0n) is 14.5. The van der Waals surface area contributed by atoms with Crippen LogP contribution in [0.5, 0.6) is 0 Å². The van der Waals surface area contributed by atoms with Crippen LogP contribution >= 0.6 is 24.0 Å². The summed E-state index contributed by atoms with van der Waals surface area (Å²) >= 11 is 0. The van der Waals surface area contributed by atoms with Gasteiger partial charge in [-0.25, -0.2) is 0 Å². The minimum Gasteiger partial charge on any atom is -0.379 e. The van der Waals surface area contributed by atoms with E-state index < -0.39 is 0 Å². The van der Waals surface area contributed by atoms with Crippen molar-refractivity contribution in [3.05, 3.63) is 0 Å². The number of morpholine rings is 1. The highest BCUT2D eigenvalue weighted by Gasteiger charge is 2.14. The van der Waals surface area contributed by atoms with E-state index in [4.69, 9.17) is 10.5 Å². The van der Waals surface area contributed by atoms with Gasteiger partial charge in [0.05, 0.1) is 13.2 Å². The normalized spacial score (nSPS) is 21.9. The topological polar surface area (TPSA) is 66.1 Å². The molecule has 2 saturated heterocycles. The van der Waals surface area contributed by atoms with Crippen molar-refractivity contribution in [2.24, 2.45) is 16.6 Å². The van der Waals surface area contributed by atoms with Gasteiger partial charge in [0, 0.05) is 39.3 Å². The molecular weight excluding hydrogens is 405 g/mol. The molecule has 2 fully saturated rings. The highest BCUT2D eigenvalue weighted by Crippen LogP contribution is 2.14. The molecule has 0 aromatic heterocycles. The number of rotatable bonds is 7. The molecule has 7 heteroatoms. The second kappa shape index (κ2) is 12.3. The lowest BCUT2D eigenvalue weighted by molar-refractivity contribution is 0.0377. The van der Waals surface area contributed by atoms with Crippen molar-refractivity contribution in [1.82, 2.24) is 15.1 Å². The Morgan fingerprint density at radius 1 is 1.13 bits per heavy atom. The SMILES string of the molecule is CC1CCN(CCNC(N)=NCCCN2CCOCC2)CC1.I. The zero-order valence-corrected chi connectivity index (χ0v) is 16.8. The van der Waals surface area contributed by atoms with Crippen molar-refractivity contribution < 1.29 is 4.74 Å². The lowest BCUT2D eigenvalue weighted by Crippen LogP contribution is -2.41. The molecule has 0 aliphatic carbocycles. The van der Waals surface area contributed by atoms with E-state index in [1.54, 1.807) is 0 Å². The quantitative estimate of drug-likeness (QED) is 0.268. The van der Waals surface area contributed by atoms with Crippen LogP contribution in [0, 0.1) is 5.92 Å². The number of nitrogens with zero attached hydrogens (tertiary/aromatic N) is 3. The molecule has 23 heavy (non-hydrogen) atoms. The van der Waals surface area contributed by atoms with Crippen LogP contribution in [0.15, 0.2) is 4.99 Å². The first-order chi connectivity index (χ1) is 10.7. The molecule has 0 aromatic rings. The molecule has 6 nitrogen and oxygen atoms in total. The number of nitrogens with one attached hydrogen (secondary N) is 1. The molecule has 3 N–H and O–H groups in total.